The van der Waals surface area contributed by atoms with E-state index in [2.05, 4.69) is 42.5 Å². The first-order chi connectivity index (χ1) is 29.4. The second kappa shape index (κ2) is 19.3. The number of fused-ring (bicyclic) bond motifs is 20. The SMILES string of the molecule is C1CCC2C3NC(NC4NC(NC5NC(NC6NC(N3)C3CCCCC63)C3CCCCC53)C3CCCCC43)C2C1.COc1cccc(C(C(=O)O)c2cccc(OC)c2)c1.[Si]. The molecule has 11 rings (SSSR count). The zero-order valence-corrected chi connectivity index (χ0v) is 37.4. The lowest BCUT2D eigenvalue weighted by atomic mass is 9.76. The summed E-state index contributed by atoms with van der Waals surface area (Å²) >= 11 is 0. The van der Waals surface area contributed by atoms with Crippen molar-refractivity contribution in [2.75, 3.05) is 14.2 Å². The fraction of sp³-hybridized carbons (Fsp3) is 0.729. The van der Waals surface area contributed by atoms with Crippen LogP contribution in [0, 0.1) is 47.3 Å². The van der Waals surface area contributed by atoms with E-state index in [9.17, 15) is 9.90 Å². The molecule has 61 heavy (non-hydrogen) atoms. The average molecular weight is 853 g/mol. The van der Waals surface area contributed by atoms with Crippen LogP contribution in [0.1, 0.15) is 120 Å². The molecule has 9 fully saturated rings. The van der Waals surface area contributed by atoms with Crippen molar-refractivity contribution in [3.63, 3.8) is 0 Å². The van der Waals surface area contributed by atoms with Crippen LogP contribution in [0.3, 0.4) is 0 Å². The van der Waals surface area contributed by atoms with E-state index in [4.69, 9.17) is 9.47 Å². The Morgan fingerprint density at radius 3 is 0.885 bits per heavy atom. The van der Waals surface area contributed by atoms with Gasteiger partial charge in [0.05, 0.1) is 63.5 Å². The van der Waals surface area contributed by atoms with Crippen LogP contribution < -0.4 is 52.0 Å². The molecular weight excluding hydrogens is 781 g/mol. The molecule has 13 heteroatoms. The molecule has 9 aliphatic rings. The van der Waals surface area contributed by atoms with Crippen LogP contribution in [0.4, 0.5) is 0 Å². The summed E-state index contributed by atoms with van der Waals surface area (Å²) < 4.78 is 10.3. The summed E-state index contributed by atoms with van der Waals surface area (Å²) in [5, 5.41) is 43.3. The number of carboxylic acids is 1. The number of hydrogen-bond acceptors (Lipinski definition) is 11. The van der Waals surface area contributed by atoms with Gasteiger partial charge in [-0.3, -0.25) is 47.3 Å². The monoisotopic (exact) mass is 853 g/mol. The highest BCUT2D eigenvalue weighted by Crippen LogP contribution is 2.45. The molecule has 4 radical (unpaired) electrons. The zero-order valence-electron chi connectivity index (χ0n) is 36.4. The number of carbonyl (C=O) groups is 1. The number of aliphatic carboxylic acids is 1. The van der Waals surface area contributed by atoms with E-state index in [0.29, 0.717) is 72.0 Å². The summed E-state index contributed by atoms with van der Waals surface area (Å²) in [6, 6.07) is 14.2. The summed E-state index contributed by atoms with van der Waals surface area (Å²) in [7, 11) is 3.11. The molecule has 0 aromatic heterocycles. The molecule has 4 aliphatic carbocycles. The van der Waals surface area contributed by atoms with Crippen molar-refractivity contribution in [3.8, 4) is 11.5 Å². The number of methoxy groups -OCH3 is 2. The zero-order chi connectivity index (χ0) is 40.7. The van der Waals surface area contributed by atoms with Crippen LogP contribution >= 0.6 is 0 Å². The van der Waals surface area contributed by atoms with Crippen LogP contribution in [-0.2, 0) is 4.79 Å². The fourth-order valence-corrected chi connectivity index (χ4v) is 14.1. The molecule has 2 aromatic rings. The highest BCUT2D eigenvalue weighted by molar-refractivity contribution is 5.80. The summed E-state index contributed by atoms with van der Waals surface area (Å²) in [5.74, 6) is 5.58. The fourth-order valence-electron chi connectivity index (χ4n) is 14.1. The summed E-state index contributed by atoms with van der Waals surface area (Å²) in [6.45, 7) is 0. The molecule has 4 saturated carbocycles. The predicted molar refractivity (Wildman–Crippen MR) is 238 cm³/mol. The highest BCUT2D eigenvalue weighted by Gasteiger charge is 2.54. The third-order valence-corrected chi connectivity index (χ3v) is 16.9. The second-order valence-electron chi connectivity index (χ2n) is 19.9. The van der Waals surface area contributed by atoms with Crippen molar-refractivity contribution >= 4 is 16.9 Å². The standard InChI is InChI=1S/C32H56N8.C16H16O4.Si/c1-2-10-18-17(9-1)25-33-26(18)38-28-21-13-5-6-14-22(21)30(35-28)40-32-24-16-8-7-15-23(24)31(36-32)39-29-20-12-4-3-11-19(20)27(34-29)37-25;1-19-13-7-3-5-11(9-13)15(16(17)18)12-6-4-8-14(10-12)20-2;/h17-40H,1-16H2;3-10,15H,1-2H3,(H,17,18);. The van der Waals surface area contributed by atoms with Gasteiger partial charge in [0.2, 0.25) is 0 Å². The molecule has 9 N–H and O–H groups in total. The van der Waals surface area contributed by atoms with E-state index in [-0.39, 0.29) is 11.0 Å². The van der Waals surface area contributed by atoms with Crippen molar-refractivity contribution in [1.29, 1.82) is 0 Å². The van der Waals surface area contributed by atoms with Crippen LogP contribution in [0.25, 0.3) is 0 Å². The van der Waals surface area contributed by atoms with E-state index in [0.717, 1.165) is 47.3 Å². The van der Waals surface area contributed by atoms with Gasteiger partial charge in [0.1, 0.15) is 17.4 Å². The average Bonchev–Trinajstić information content (AvgIpc) is 4.03. The Labute approximate surface area is 368 Å². The smallest absolute Gasteiger partial charge is 0.315 e. The van der Waals surface area contributed by atoms with Gasteiger partial charge in [-0.25, -0.2) is 0 Å². The largest absolute Gasteiger partial charge is 0.497 e. The summed E-state index contributed by atoms with van der Waals surface area (Å²) in [5.41, 5.74) is 1.34. The first-order valence-electron chi connectivity index (χ1n) is 24.0. The van der Waals surface area contributed by atoms with Crippen molar-refractivity contribution in [2.45, 2.75) is 158 Å². The predicted octanol–water partition coefficient (Wildman–Crippen LogP) is 5.15. The first kappa shape index (κ1) is 43.6. The van der Waals surface area contributed by atoms with Gasteiger partial charge < -0.3 is 14.6 Å². The van der Waals surface area contributed by atoms with Gasteiger partial charge in [-0.2, -0.15) is 0 Å². The molecule has 5 aliphatic heterocycles. The number of carboxylic acid groups (broad SMARTS) is 1. The molecule has 332 valence electrons. The van der Waals surface area contributed by atoms with E-state index in [1.165, 1.54) is 103 Å². The minimum Gasteiger partial charge on any atom is -0.497 e. The van der Waals surface area contributed by atoms with E-state index in [1.54, 1.807) is 62.8 Å². The first-order valence-corrected chi connectivity index (χ1v) is 24.0. The lowest BCUT2D eigenvalue weighted by Crippen LogP contribution is -2.61. The lowest BCUT2D eigenvalue weighted by molar-refractivity contribution is -0.137. The van der Waals surface area contributed by atoms with Gasteiger partial charge in [0, 0.05) is 11.0 Å². The molecule has 0 spiro atoms. The maximum atomic E-state index is 11.6. The third-order valence-electron chi connectivity index (χ3n) is 16.9. The minimum atomic E-state index is -0.911. The molecule has 8 atom stereocenters. The van der Waals surface area contributed by atoms with Crippen molar-refractivity contribution < 1.29 is 19.4 Å². The number of nitrogens with one attached hydrogen (secondary N) is 8. The van der Waals surface area contributed by atoms with Gasteiger partial charge in [-0.05, 0) is 134 Å². The van der Waals surface area contributed by atoms with E-state index in [1.807, 2.05) is 0 Å². The van der Waals surface area contributed by atoms with Gasteiger partial charge in [-0.15, -0.1) is 0 Å². The molecule has 2 aromatic carbocycles. The van der Waals surface area contributed by atoms with Gasteiger partial charge in [0.15, 0.2) is 0 Å². The minimum absolute atomic E-state index is 0. The maximum absolute atomic E-state index is 11.6. The Morgan fingerprint density at radius 2 is 0.689 bits per heavy atom. The van der Waals surface area contributed by atoms with Gasteiger partial charge in [-0.1, -0.05) is 75.6 Å². The summed E-state index contributed by atoms with van der Waals surface area (Å²) in [4.78, 5) is 11.6. The molecule has 5 heterocycles. The van der Waals surface area contributed by atoms with E-state index < -0.39 is 11.9 Å². The molecule has 8 unspecified atom stereocenters. The molecule has 8 bridgehead atoms. The second-order valence-corrected chi connectivity index (χ2v) is 19.9. The lowest BCUT2D eigenvalue weighted by Gasteiger charge is -2.35. The van der Waals surface area contributed by atoms with Crippen LogP contribution in [-0.4, -0.2) is 85.6 Å². The number of benzene rings is 2. The molecule has 0 amide bonds. The number of hydrogen-bond donors (Lipinski definition) is 9. The topological polar surface area (TPSA) is 152 Å². The number of ether oxygens (including phenoxy) is 2. The molecule has 5 saturated heterocycles. The number of rotatable bonds is 5. The normalized spacial score (nSPS) is 41.2. The third kappa shape index (κ3) is 8.81. The van der Waals surface area contributed by atoms with Gasteiger partial charge in [0.25, 0.3) is 0 Å². The van der Waals surface area contributed by atoms with Gasteiger partial charge >= 0.3 is 5.97 Å². The van der Waals surface area contributed by atoms with Crippen molar-refractivity contribution in [1.82, 2.24) is 42.5 Å². The van der Waals surface area contributed by atoms with Crippen LogP contribution in [0.2, 0.25) is 0 Å². The molecular formula is C48H72N8O4Si. The van der Waals surface area contributed by atoms with Crippen molar-refractivity contribution in [3.05, 3.63) is 59.7 Å². The Hall–Kier alpha value is -2.59. The Morgan fingerprint density at radius 1 is 0.459 bits per heavy atom. The quantitative estimate of drug-likeness (QED) is 0.183. The Bertz CT molecular complexity index is 1540. The Kier molecular flexibility index (Phi) is 13.8. The molecule has 12 nitrogen and oxygen atoms in total. The van der Waals surface area contributed by atoms with Crippen LogP contribution in [0.15, 0.2) is 48.5 Å². The highest BCUT2D eigenvalue weighted by atomic mass is 28.1. The maximum Gasteiger partial charge on any atom is 0.315 e. The van der Waals surface area contributed by atoms with Crippen molar-refractivity contribution in [2.24, 2.45) is 47.3 Å². The van der Waals surface area contributed by atoms with Crippen LogP contribution in [0.5, 0.6) is 11.5 Å². The Balaban J connectivity index is 0.000000193. The van der Waals surface area contributed by atoms with E-state index >= 15 is 0 Å². The summed E-state index contributed by atoms with van der Waals surface area (Å²) in [6.07, 6.45) is 25.6.